The van der Waals surface area contributed by atoms with E-state index in [-0.39, 0.29) is 17.4 Å². The molecule has 1 aromatic heterocycles. The fourth-order valence-electron chi connectivity index (χ4n) is 2.96. The number of likely N-dealkylation sites (tertiary alicyclic amines) is 1. The summed E-state index contributed by atoms with van der Waals surface area (Å²) in [5, 5.41) is 12.1. The Hall–Kier alpha value is -2.88. The van der Waals surface area contributed by atoms with Crippen molar-refractivity contribution in [3.05, 3.63) is 41.9 Å². The Morgan fingerprint density at radius 2 is 2.22 bits per heavy atom. The second-order valence-corrected chi connectivity index (χ2v) is 6.48. The van der Waals surface area contributed by atoms with E-state index in [1.807, 2.05) is 34.9 Å². The van der Waals surface area contributed by atoms with Crippen molar-refractivity contribution in [1.82, 2.24) is 20.1 Å². The summed E-state index contributed by atoms with van der Waals surface area (Å²) < 4.78 is 0. The number of likely N-dealkylation sites (N-methyl/N-ethyl adjacent to an activating group) is 1. The van der Waals surface area contributed by atoms with E-state index >= 15 is 0 Å². The zero-order valence-corrected chi connectivity index (χ0v) is 15.9. The molecule has 0 bridgehead atoms. The van der Waals surface area contributed by atoms with Gasteiger partial charge in [-0.3, -0.25) is 14.6 Å². The summed E-state index contributed by atoms with van der Waals surface area (Å²) in [4.78, 5) is 31.6. The third-order valence-corrected chi connectivity index (χ3v) is 4.58. The van der Waals surface area contributed by atoms with E-state index in [0.29, 0.717) is 32.5 Å². The molecule has 0 radical (unpaired) electrons. The van der Waals surface area contributed by atoms with Crippen LogP contribution in [0, 0.1) is 11.3 Å². The predicted octanol–water partition coefficient (Wildman–Crippen LogP) is 1.48. The monoisotopic (exact) mass is 369 g/mol. The normalized spacial score (nSPS) is 14.1. The zero-order valence-electron chi connectivity index (χ0n) is 15.9. The van der Waals surface area contributed by atoms with Gasteiger partial charge < -0.3 is 15.1 Å². The van der Waals surface area contributed by atoms with Gasteiger partial charge in [-0.2, -0.15) is 5.26 Å². The van der Waals surface area contributed by atoms with Crippen molar-refractivity contribution >= 4 is 11.8 Å². The standard InChI is InChI=1S/C20H27N5O2/c1-2-24(14-8-17-6-10-22-11-7-17)16-18(15-21)20(27)23-9-4-13-25-12-3-5-19(25)26/h6-7,10-11,16H,2-5,8-9,12-14H2,1H3,(H,23,27)/b18-16-. The zero-order chi connectivity index (χ0) is 19.5. The van der Waals surface area contributed by atoms with Crippen LogP contribution in [0.15, 0.2) is 36.3 Å². The summed E-state index contributed by atoms with van der Waals surface area (Å²) in [5.41, 5.74) is 1.26. The Balaban J connectivity index is 1.78. The number of nitrogens with one attached hydrogen (secondary N) is 1. The Morgan fingerprint density at radius 1 is 1.44 bits per heavy atom. The molecule has 144 valence electrons. The Labute approximate surface area is 160 Å². The van der Waals surface area contributed by atoms with Crippen LogP contribution in [0.5, 0.6) is 0 Å². The molecule has 1 aliphatic heterocycles. The Kier molecular flexibility index (Phi) is 8.30. The van der Waals surface area contributed by atoms with Gasteiger partial charge in [-0.25, -0.2) is 0 Å². The molecule has 1 N–H and O–H groups in total. The maximum Gasteiger partial charge on any atom is 0.263 e. The van der Waals surface area contributed by atoms with Crippen LogP contribution in [-0.2, 0) is 16.0 Å². The van der Waals surface area contributed by atoms with Gasteiger partial charge in [-0.05, 0) is 43.9 Å². The second-order valence-electron chi connectivity index (χ2n) is 6.48. The van der Waals surface area contributed by atoms with Crippen molar-refractivity contribution in [2.24, 2.45) is 0 Å². The Bertz CT molecular complexity index is 696. The number of rotatable bonds is 10. The molecule has 2 heterocycles. The van der Waals surface area contributed by atoms with Gasteiger partial charge >= 0.3 is 0 Å². The van der Waals surface area contributed by atoms with Crippen LogP contribution >= 0.6 is 0 Å². The summed E-state index contributed by atoms with van der Waals surface area (Å²) in [6.07, 6.45) is 8.18. The van der Waals surface area contributed by atoms with E-state index in [2.05, 4.69) is 10.3 Å². The van der Waals surface area contributed by atoms with E-state index in [0.717, 1.165) is 31.5 Å². The van der Waals surface area contributed by atoms with Gasteiger partial charge in [0.1, 0.15) is 11.6 Å². The number of aromatic nitrogens is 1. The van der Waals surface area contributed by atoms with Crippen LogP contribution in [0.2, 0.25) is 0 Å². The first-order valence-electron chi connectivity index (χ1n) is 9.45. The maximum atomic E-state index is 12.2. The second kappa shape index (κ2) is 11.0. The first kappa shape index (κ1) is 20.4. The highest BCUT2D eigenvalue weighted by Crippen LogP contribution is 2.09. The summed E-state index contributed by atoms with van der Waals surface area (Å²) in [5.74, 6) is -0.181. The smallest absolute Gasteiger partial charge is 0.263 e. The first-order valence-corrected chi connectivity index (χ1v) is 9.45. The van der Waals surface area contributed by atoms with Crippen molar-refractivity contribution in [2.45, 2.75) is 32.6 Å². The third-order valence-electron chi connectivity index (χ3n) is 4.58. The molecule has 0 unspecified atom stereocenters. The number of carbonyl (C=O) groups is 2. The average molecular weight is 369 g/mol. The largest absolute Gasteiger partial charge is 0.376 e. The number of nitriles is 1. The lowest BCUT2D eigenvalue weighted by atomic mass is 10.2. The number of hydrogen-bond acceptors (Lipinski definition) is 5. The summed E-state index contributed by atoms with van der Waals surface area (Å²) in [7, 11) is 0. The number of nitrogens with zero attached hydrogens (tertiary/aromatic N) is 4. The maximum absolute atomic E-state index is 12.2. The van der Waals surface area contributed by atoms with Crippen LogP contribution in [0.3, 0.4) is 0 Å². The molecule has 1 fully saturated rings. The van der Waals surface area contributed by atoms with Crippen LogP contribution in [0.25, 0.3) is 0 Å². The SMILES string of the molecule is CCN(/C=C(/C#N)C(=O)NCCCN1CCCC1=O)CCc1ccncc1. The van der Waals surface area contributed by atoms with Crippen LogP contribution in [0.1, 0.15) is 31.7 Å². The number of pyridine rings is 1. The van der Waals surface area contributed by atoms with Gasteiger partial charge in [-0.15, -0.1) is 0 Å². The minimum atomic E-state index is -0.368. The van der Waals surface area contributed by atoms with E-state index in [1.54, 1.807) is 18.6 Å². The van der Waals surface area contributed by atoms with Crippen molar-refractivity contribution in [3.63, 3.8) is 0 Å². The summed E-state index contributed by atoms with van der Waals surface area (Å²) >= 11 is 0. The molecular formula is C20H27N5O2. The lowest BCUT2D eigenvalue weighted by molar-refractivity contribution is -0.127. The molecular weight excluding hydrogens is 342 g/mol. The van der Waals surface area contributed by atoms with Gasteiger partial charge in [0.15, 0.2) is 0 Å². The molecule has 0 spiro atoms. The predicted molar refractivity (Wildman–Crippen MR) is 102 cm³/mol. The summed E-state index contributed by atoms with van der Waals surface area (Å²) in [6, 6.07) is 5.90. The Morgan fingerprint density at radius 3 is 2.85 bits per heavy atom. The highest BCUT2D eigenvalue weighted by Gasteiger charge is 2.19. The van der Waals surface area contributed by atoms with Crippen molar-refractivity contribution in [1.29, 1.82) is 5.26 Å². The molecule has 7 heteroatoms. The van der Waals surface area contributed by atoms with Gasteiger partial charge in [-0.1, -0.05) is 0 Å². The molecule has 1 saturated heterocycles. The molecule has 27 heavy (non-hydrogen) atoms. The number of hydrogen-bond donors (Lipinski definition) is 1. The van der Waals surface area contributed by atoms with Gasteiger partial charge in [0.05, 0.1) is 0 Å². The fourth-order valence-corrected chi connectivity index (χ4v) is 2.96. The van der Waals surface area contributed by atoms with E-state index in [1.165, 1.54) is 0 Å². The third kappa shape index (κ3) is 6.74. The molecule has 0 aromatic carbocycles. The quantitative estimate of drug-likeness (QED) is 0.383. The number of carbonyl (C=O) groups excluding carboxylic acids is 2. The lowest BCUT2D eigenvalue weighted by Gasteiger charge is -2.19. The van der Waals surface area contributed by atoms with Gasteiger partial charge in [0.25, 0.3) is 5.91 Å². The van der Waals surface area contributed by atoms with Crippen molar-refractivity contribution in [2.75, 3.05) is 32.7 Å². The van der Waals surface area contributed by atoms with E-state index in [9.17, 15) is 14.9 Å². The topological polar surface area (TPSA) is 89.3 Å². The molecule has 1 aliphatic rings. The highest BCUT2D eigenvalue weighted by atomic mass is 16.2. The van der Waals surface area contributed by atoms with Gasteiger partial charge in [0, 0.05) is 57.7 Å². The molecule has 1 aromatic rings. The summed E-state index contributed by atoms with van der Waals surface area (Å²) in [6.45, 7) is 5.32. The van der Waals surface area contributed by atoms with Crippen LogP contribution in [-0.4, -0.2) is 59.3 Å². The molecule has 0 saturated carbocycles. The van der Waals surface area contributed by atoms with E-state index < -0.39 is 0 Å². The van der Waals surface area contributed by atoms with Crippen LogP contribution < -0.4 is 5.32 Å². The van der Waals surface area contributed by atoms with Crippen molar-refractivity contribution < 1.29 is 9.59 Å². The molecule has 0 atom stereocenters. The molecule has 7 nitrogen and oxygen atoms in total. The lowest BCUT2D eigenvalue weighted by Crippen LogP contribution is -2.32. The minimum Gasteiger partial charge on any atom is -0.376 e. The van der Waals surface area contributed by atoms with Crippen molar-refractivity contribution in [3.8, 4) is 6.07 Å². The van der Waals surface area contributed by atoms with Gasteiger partial charge in [0.2, 0.25) is 5.91 Å². The fraction of sp³-hybridized carbons (Fsp3) is 0.500. The molecule has 2 amide bonds. The molecule has 2 rings (SSSR count). The minimum absolute atomic E-state index is 0.101. The highest BCUT2D eigenvalue weighted by molar-refractivity contribution is 5.97. The molecule has 0 aliphatic carbocycles. The number of amides is 2. The van der Waals surface area contributed by atoms with Crippen LogP contribution in [0.4, 0.5) is 0 Å². The average Bonchev–Trinajstić information content (AvgIpc) is 3.11. The first-order chi connectivity index (χ1) is 13.1. The van der Waals surface area contributed by atoms with E-state index in [4.69, 9.17) is 0 Å².